The van der Waals surface area contributed by atoms with E-state index >= 15 is 0 Å². The van der Waals surface area contributed by atoms with E-state index in [2.05, 4.69) is 0 Å². The van der Waals surface area contributed by atoms with Crippen molar-refractivity contribution in [3.63, 3.8) is 0 Å². The van der Waals surface area contributed by atoms with Crippen molar-refractivity contribution in [3.05, 3.63) is 29.8 Å². The average molecular weight is 234 g/mol. The Balaban J connectivity index is 1.95. The third-order valence-corrected chi connectivity index (χ3v) is 3.22. The molecule has 0 bridgehead atoms. The topological polar surface area (TPSA) is 35.5 Å². The monoisotopic (exact) mass is 234 g/mol. The molecule has 1 aromatic carbocycles. The van der Waals surface area contributed by atoms with E-state index in [1.165, 1.54) is 0 Å². The van der Waals surface area contributed by atoms with E-state index in [1.54, 1.807) is 7.11 Å². The van der Waals surface area contributed by atoms with E-state index in [9.17, 15) is 4.79 Å². The van der Waals surface area contributed by atoms with Gasteiger partial charge in [-0.3, -0.25) is 4.79 Å². The number of methoxy groups -OCH3 is 1. The Morgan fingerprint density at radius 3 is 2.41 bits per heavy atom. The molecule has 0 atom stereocenters. The molecule has 1 saturated carbocycles. The zero-order valence-corrected chi connectivity index (χ0v) is 10.4. The fourth-order valence-corrected chi connectivity index (χ4v) is 1.71. The first kappa shape index (κ1) is 12.1. The molecule has 1 aliphatic carbocycles. The normalized spacial score (nSPS) is 16.6. The molecular formula is C14H18O3. The summed E-state index contributed by atoms with van der Waals surface area (Å²) in [6.45, 7) is 3.12. The van der Waals surface area contributed by atoms with E-state index in [4.69, 9.17) is 9.47 Å². The Labute approximate surface area is 102 Å². The SMILES string of the molecule is COCCOc1ccc(C(=O)C2(C)CC2)cc1. The van der Waals surface area contributed by atoms with E-state index in [0.29, 0.717) is 13.2 Å². The van der Waals surface area contributed by atoms with Crippen molar-refractivity contribution in [2.75, 3.05) is 20.3 Å². The quantitative estimate of drug-likeness (QED) is 0.561. The van der Waals surface area contributed by atoms with Crippen LogP contribution in [0, 0.1) is 5.41 Å². The summed E-state index contributed by atoms with van der Waals surface area (Å²) in [6, 6.07) is 7.37. The molecule has 0 spiro atoms. The van der Waals surface area contributed by atoms with Crippen molar-refractivity contribution in [1.29, 1.82) is 0 Å². The second-order valence-electron chi connectivity index (χ2n) is 4.76. The van der Waals surface area contributed by atoms with Gasteiger partial charge in [-0.1, -0.05) is 6.92 Å². The molecule has 2 rings (SSSR count). The maximum Gasteiger partial charge on any atom is 0.168 e. The van der Waals surface area contributed by atoms with E-state index < -0.39 is 0 Å². The van der Waals surface area contributed by atoms with Crippen LogP contribution in [0.5, 0.6) is 5.75 Å². The van der Waals surface area contributed by atoms with Crippen LogP contribution in [0.3, 0.4) is 0 Å². The fraction of sp³-hybridized carbons (Fsp3) is 0.500. The van der Waals surface area contributed by atoms with Crippen LogP contribution in [0.25, 0.3) is 0 Å². The van der Waals surface area contributed by atoms with Gasteiger partial charge in [0.15, 0.2) is 5.78 Å². The largest absolute Gasteiger partial charge is 0.491 e. The third kappa shape index (κ3) is 2.86. The third-order valence-electron chi connectivity index (χ3n) is 3.22. The molecule has 17 heavy (non-hydrogen) atoms. The Bertz CT molecular complexity index is 390. The van der Waals surface area contributed by atoms with Gasteiger partial charge in [0.1, 0.15) is 12.4 Å². The number of carbonyl (C=O) groups excluding carboxylic acids is 1. The van der Waals surface area contributed by atoms with Gasteiger partial charge in [0, 0.05) is 18.1 Å². The summed E-state index contributed by atoms with van der Waals surface area (Å²) >= 11 is 0. The number of hydrogen-bond acceptors (Lipinski definition) is 3. The van der Waals surface area contributed by atoms with E-state index in [-0.39, 0.29) is 11.2 Å². The van der Waals surface area contributed by atoms with Gasteiger partial charge in [-0.25, -0.2) is 0 Å². The lowest BCUT2D eigenvalue weighted by atomic mass is 9.97. The summed E-state index contributed by atoms with van der Waals surface area (Å²) in [5, 5.41) is 0. The lowest BCUT2D eigenvalue weighted by Crippen LogP contribution is -2.11. The summed E-state index contributed by atoms with van der Waals surface area (Å²) in [5.74, 6) is 1.03. The van der Waals surface area contributed by atoms with Crippen molar-refractivity contribution in [1.82, 2.24) is 0 Å². The minimum absolute atomic E-state index is 0.0988. The number of carbonyl (C=O) groups is 1. The Hall–Kier alpha value is -1.35. The first-order chi connectivity index (χ1) is 8.15. The van der Waals surface area contributed by atoms with Crippen molar-refractivity contribution in [3.8, 4) is 5.75 Å². The zero-order chi connectivity index (χ0) is 12.3. The van der Waals surface area contributed by atoms with Gasteiger partial charge in [0.05, 0.1) is 6.61 Å². The molecule has 3 heteroatoms. The molecule has 1 aromatic rings. The number of hydrogen-bond donors (Lipinski definition) is 0. The minimum Gasteiger partial charge on any atom is -0.491 e. The summed E-state index contributed by atoms with van der Waals surface area (Å²) in [4.78, 5) is 12.0. The highest BCUT2D eigenvalue weighted by Crippen LogP contribution is 2.47. The molecule has 92 valence electrons. The van der Waals surface area contributed by atoms with Crippen LogP contribution < -0.4 is 4.74 Å². The highest BCUT2D eigenvalue weighted by atomic mass is 16.5. The van der Waals surface area contributed by atoms with Crippen LogP contribution in [0.15, 0.2) is 24.3 Å². The van der Waals surface area contributed by atoms with Gasteiger partial charge in [-0.05, 0) is 37.1 Å². The predicted octanol–water partition coefficient (Wildman–Crippen LogP) is 2.69. The molecule has 3 nitrogen and oxygen atoms in total. The number of benzene rings is 1. The van der Waals surface area contributed by atoms with Gasteiger partial charge >= 0.3 is 0 Å². The van der Waals surface area contributed by atoms with Gasteiger partial charge in [0.25, 0.3) is 0 Å². The average Bonchev–Trinajstić information content (AvgIpc) is 3.09. The molecule has 0 saturated heterocycles. The molecule has 0 unspecified atom stereocenters. The Morgan fingerprint density at radius 1 is 1.24 bits per heavy atom. The number of ketones is 1. The maximum absolute atomic E-state index is 12.0. The van der Waals surface area contributed by atoms with Crippen LogP contribution >= 0.6 is 0 Å². The van der Waals surface area contributed by atoms with Gasteiger partial charge in [-0.15, -0.1) is 0 Å². The van der Waals surface area contributed by atoms with Crippen LogP contribution in [0.1, 0.15) is 30.1 Å². The van der Waals surface area contributed by atoms with Crippen LogP contribution in [-0.4, -0.2) is 26.1 Å². The summed E-state index contributed by atoms with van der Waals surface area (Å²) < 4.78 is 10.3. The molecule has 0 N–H and O–H groups in total. The van der Waals surface area contributed by atoms with Crippen molar-refractivity contribution in [2.24, 2.45) is 5.41 Å². The molecule has 0 aliphatic heterocycles. The summed E-state index contributed by atoms with van der Waals surface area (Å²) in [6.07, 6.45) is 2.02. The van der Waals surface area contributed by atoms with Crippen molar-refractivity contribution in [2.45, 2.75) is 19.8 Å². The minimum atomic E-state index is -0.0988. The standard InChI is InChI=1S/C14H18O3/c1-14(7-8-14)13(15)11-3-5-12(6-4-11)17-10-9-16-2/h3-6H,7-10H2,1-2H3. The molecule has 1 fully saturated rings. The van der Waals surface area contributed by atoms with E-state index in [0.717, 1.165) is 24.2 Å². The molecule has 0 heterocycles. The number of Topliss-reactive ketones (excluding diaryl/α,β-unsaturated/α-hetero) is 1. The second-order valence-corrected chi connectivity index (χ2v) is 4.76. The van der Waals surface area contributed by atoms with Gasteiger partial charge < -0.3 is 9.47 Å². The number of rotatable bonds is 6. The van der Waals surface area contributed by atoms with Crippen molar-refractivity contribution >= 4 is 5.78 Å². The van der Waals surface area contributed by atoms with Crippen LogP contribution in [0.2, 0.25) is 0 Å². The fourth-order valence-electron chi connectivity index (χ4n) is 1.71. The van der Waals surface area contributed by atoms with Gasteiger partial charge in [-0.2, -0.15) is 0 Å². The molecule has 0 amide bonds. The first-order valence-corrected chi connectivity index (χ1v) is 5.92. The van der Waals surface area contributed by atoms with Crippen LogP contribution in [0.4, 0.5) is 0 Å². The predicted molar refractivity (Wildman–Crippen MR) is 65.5 cm³/mol. The van der Waals surface area contributed by atoms with Crippen LogP contribution in [-0.2, 0) is 4.74 Å². The highest BCUT2D eigenvalue weighted by Gasteiger charge is 2.44. The molecule has 0 aromatic heterocycles. The lowest BCUT2D eigenvalue weighted by molar-refractivity contribution is 0.0912. The van der Waals surface area contributed by atoms with E-state index in [1.807, 2.05) is 31.2 Å². The Kier molecular flexibility index (Phi) is 3.48. The smallest absolute Gasteiger partial charge is 0.168 e. The summed E-state index contributed by atoms with van der Waals surface area (Å²) in [7, 11) is 1.64. The first-order valence-electron chi connectivity index (χ1n) is 5.92. The number of ether oxygens (including phenoxy) is 2. The molecular weight excluding hydrogens is 216 g/mol. The molecule has 1 aliphatic rings. The zero-order valence-electron chi connectivity index (χ0n) is 10.4. The highest BCUT2D eigenvalue weighted by molar-refractivity contribution is 6.02. The second kappa shape index (κ2) is 4.88. The van der Waals surface area contributed by atoms with Crippen molar-refractivity contribution < 1.29 is 14.3 Å². The summed E-state index contributed by atoms with van der Waals surface area (Å²) in [5.41, 5.74) is 0.683. The van der Waals surface area contributed by atoms with Gasteiger partial charge in [0.2, 0.25) is 0 Å². The Morgan fingerprint density at radius 2 is 1.88 bits per heavy atom. The molecule has 0 radical (unpaired) electrons. The maximum atomic E-state index is 12.0. The lowest BCUT2D eigenvalue weighted by Gasteiger charge is -2.09.